The van der Waals surface area contributed by atoms with Crippen LogP contribution in [0.3, 0.4) is 0 Å². The number of carboxylic acid groups (broad SMARTS) is 1. The lowest BCUT2D eigenvalue weighted by atomic mass is 9.78. The van der Waals surface area contributed by atoms with Crippen LogP contribution in [-0.4, -0.2) is 27.6 Å². The van der Waals surface area contributed by atoms with Crippen LogP contribution < -0.4 is 4.74 Å². The van der Waals surface area contributed by atoms with Crippen molar-refractivity contribution in [2.24, 2.45) is 0 Å². The van der Waals surface area contributed by atoms with Gasteiger partial charge in [-0.05, 0) is 22.5 Å². The van der Waals surface area contributed by atoms with E-state index >= 15 is 0 Å². The first-order valence-corrected chi connectivity index (χ1v) is 9.74. The van der Waals surface area contributed by atoms with Crippen LogP contribution in [0.1, 0.15) is 63.2 Å². The van der Waals surface area contributed by atoms with Gasteiger partial charge in [0.05, 0.1) is 12.8 Å². The summed E-state index contributed by atoms with van der Waals surface area (Å²) in [5, 5.41) is 11.3. The number of methoxy groups -OCH3 is 1. The fourth-order valence-corrected chi connectivity index (χ4v) is 3.98. The fraction of sp³-hybridized carbons (Fsp3) is 0.429. The zero-order chi connectivity index (χ0) is 20.1. The second-order valence-electron chi connectivity index (χ2n) is 8.81. The van der Waals surface area contributed by atoms with Gasteiger partial charge in [0.15, 0.2) is 10.7 Å². The van der Waals surface area contributed by atoms with E-state index in [-0.39, 0.29) is 16.5 Å². The third-order valence-electron chi connectivity index (χ3n) is 4.67. The van der Waals surface area contributed by atoms with Crippen LogP contribution in [0.15, 0.2) is 23.7 Å². The fourth-order valence-electron chi connectivity index (χ4n) is 3.11. The standard InChI is InChI=1S/C21H26N2O3S/c1-20(2,3)12-8-13(17(26-7)14(9-12)21(4,5)6)16-11-27-19-22-15(18(24)25)10-23(16)19/h8-11H,1-7H3,(H,24,25). The van der Waals surface area contributed by atoms with Crippen LogP contribution in [-0.2, 0) is 10.8 Å². The van der Waals surface area contributed by atoms with Gasteiger partial charge >= 0.3 is 5.97 Å². The Kier molecular flexibility index (Phi) is 4.58. The highest BCUT2D eigenvalue weighted by atomic mass is 32.1. The lowest BCUT2D eigenvalue weighted by molar-refractivity contribution is 0.0691. The molecule has 1 aromatic carbocycles. The molecule has 1 N–H and O–H groups in total. The topological polar surface area (TPSA) is 63.8 Å². The number of rotatable bonds is 3. The third kappa shape index (κ3) is 3.46. The van der Waals surface area contributed by atoms with E-state index in [4.69, 9.17) is 4.74 Å². The zero-order valence-electron chi connectivity index (χ0n) is 16.9. The number of imidazole rings is 1. The van der Waals surface area contributed by atoms with Crippen molar-refractivity contribution < 1.29 is 14.6 Å². The van der Waals surface area contributed by atoms with Crippen molar-refractivity contribution in [1.29, 1.82) is 0 Å². The molecule has 0 aliphatic rings. The molecule has 3 rings (SSSR count). The predicted octanol–water partition coefficient (Wildman–Crippen LogP) is 5.36. The highest BCUT2D eigenvalue weighted by Gasteiger charge is 2.27. The van der Waals surface area contributed by atoms with Crippen molar-refractivity contribution in [1.82, 2.24) is 9.38 Å². The van der Waals surface area contributed by atoms with Crippen molar-refractivity contribution in [2.75, 3.05) is 7.11 Å². The number of nitrogens with zero attached hydrogens (tertiary/aromatic N) is 2. The van der Waals surface area contributed by atoms with E-state index < -0.39 is 5.97 Å². The van der Waals surface area contributed by atoms with E-state index in [9.17, 15) is 9.90 Å². The summed E-state index contributed by atoms with van der Waals surface area (Å²) in [4.78, 5) is 16.2. The van der Waals surface area contributed by atoms with Gasteiger partial charge in [0.1, 0.15) is 5.75 Å². The molecule has 144 valence electrons. The molecule has 2 heterocycles. The van der Waals surface area contributed by atoms with Gasteiger partial charge in [0, 0.05) is 22.7 Å². The maximum absolute atomic E-state index is 11.3. The molecular formula is C21H26N2O3S. The van der Waals surface area contributed by atoms with Gasteiger partial charge in [0.25, 0.3) is 0 Å². The summed E-state index contributed by atoms with van der Waals surface area (Å²) in [7, 11) is 1.69. The lowest BCUT2D eigenvalue weighted by Gasteiger charge is -2.28. The summed E-state index contributed by atoms with van der Waals surface area (Å²) in [6.45, 7) is 13.1. The summed E-state index contributed by atoms with van der Waals surface area (Å²) in [6, 6.07) is 4.37. The third-order valence-corrected chi connectivity index (χ3v) is 5.51. The molecule has 3 aromatic rings. The van der Waals surface area contributed by atoms with Gasteiger partial charge in [0.2, 0.25) is 0 Å². The zero-order valence-corrected chi connectivity index (χ0v) is 17.7. The molecule has 27 heavy (non-hydrogen) atoms. The molecule has 0 aliphatic heterocycles. The van der Waals surface area contributed by atoms with Crippen molar-refractivity contribution in [2.45, 2.75) is 52.4 Å². The van der Waals surface area contributed by atoms with Gasteiger partial charge < -0.3 is 9.84 Å². The number of ether oxygens (including phenoxy) is 1. The van der Waals surface area contributed by atoms with Gasteiger partial charge in [-0.25, -0.2) is 9.78 Å². The lowest BCUT2D eigenvalue weighted by Crippen LogP contribution is -2.18. The maximum Gasteiger partial charge on any atom is 0.356 e. The molecule has 0 atom stereocenters. The summed E-state index contributed by atoms with van der Waals surface area (Å²) >= 11 is 1.43. The monoisotopic (exact) mass is 386 g/mol. The largest absolute Gasteiger partial charge is 0.496 e. The van der Waals surface area contributed by atoms with Gasteiger partial charge in [-0.1, -0.05) is 47.6 Å². The van der Waals surface area contributed by atoms with Crippen LogP contribution in [0.2, 0.25) is 0 Å². The second-order valence-corrected chi connectivity index (χ2v) is 9.65. The minimum Gasteiger partial charge on any atom is -0.496 e. The van der Waals surface area contributed by atoms with Gasteiger partial charge in [-0.2, -0.15) is 0 Å². The maximum atomic E-state index is 11.3. The molecule has 0 unspecified atom stereocenters. The molecule has 0 amide bonds. The Morgan fingerprint density at radius 2 is 1.81 bits per heavy atom. The molecular weight excluding hydrogens is 360 g/mol. The Morgan fingerprint density at radius 1 is 1.15 bits per heavy atom. The smallest absolute Gasteiger partial charge is 0.356 e. The van der Waals surface area contributed by atoms with E-state index in [1.54, 1.807) is 13.3 Å². The number of aromatic nitrogens is 2. The Morgan fingerprint density at radius 3 is 2.33 bits per heavy atom. The first kappa shape index (κ1) is 19.4. The normalized spacial score (nSPS) is 12.6. The number of thiazole rings is 1. The SMILES string of the molecule is COc1c(-c2csc3nc(C(=O)O)cn23)cc(C(C)(C)C)cc1C(C)(C)C. The van der Waals surface area contributed by atoms with Crippen LogP contribution >= 0.6 is 11.3 Å². The van der Waals surface area contributed by atoms with Crippen molar-refractivity contribution >= 4 is 22.3 Å². The van der Waals surface area contributed by atoms with Crippen LogP contribution in [0, 0.1) is 0 Å². The number of carboxylic acids is 1. The van der Waals surface area contributed by atoms with Crippen molar-refractivity contribution in [3.63, 3.8) is 0 Å². The quantitative estimate of drug-likeness (QED) is 0.658. The Bertz CT molecular complexity index is 1020. The van der Waals surface area contributed by atoms with E-state index in [1.165, 1.54) is 16.9 Å². The van der Waals surface area contributed by atoms with Crippen molar-refractivity contribution in [3.05, 3.63) is 40.5 Å². The van der Waals surface area contributed by atoms with E-state index in [1.807, 2.05) is 9.78 Å². The van der Waals surface area contributed by atoms with E-state index in [0.717, 1.165) is 22.6 Å². The average molecular weight is 387 g/mol. The summed E-state index contributed by atoms with van der Waals surface area (Å²) < 4.78 is 7.69. The number of hydrogen-bond acceptors (Lipinski definition) is 4. The van der Waals surface area contributed by atoms with Gasteiger partial charge in [-0.3, -0.25) is 4.40 Å². The molecule has 6 heteroatoms. The summed E-state index contributed by atoms with van der Waals surface area (Å²) in [5.41, 5.74) is 4.10. The van der Waals surface area contributed by atoms with E-state index in [2.05, 4.69) is 58.7 Å². The first-order valence-electron chi connectivity index (χ1n) is 8.86. The summed E-state index contributed by atoms with van der Waals surface area (Å²) in [5.74, 6) is -0.205. The van der Waals surface area contributed by atoms with Crippen molar-refractivity contribution in [3.8, 4) is 17.0 Å². The molecule has 0 bridgehead atoms. The molecule has 5 nitrogen and oxygen atoms in total. The highest BCUT2D eigenvalue weighted by molar-refractivity contribution is 7.15. The molecule has 0 aliphatic carbocycles. The Labute approximate surface area is 163 Å². The molecule has 0 fully saturated rings. The second kappa shape index (κ2) is 6.37. The van der Waals surface area contributed by atoms with Crippen LogP contribution in [0.4, 0.5) is 0 Å². The molecule has 0 saturated heterocycles. The molecule has 0 radical (unpaired) electrons. The van der Waals surface area contributed by atoms with E-state index in [0.29, 0.717) is 4.96 Å². The Hall–Kier alpha value is -2.34. The first-order chi connectivity index (χ1) is 12.4. The Balaban J connectivity index is 2.36. The van der Waals surface area contributed by atoms with Crippen LogP contribution in [0.25, 0.3) is 16.2 Å². The van der Waals surface area contributed by atoms with Crippen LogP contribution in [0.5, 0.6) is 5.75 Å². The van der Waals surface area contributed by atoms with Gasteiger partial charge in [-0.15, -0.1) is 11.3 Å². The molecule has 0 saturated carbocycles. The number of fused-ring (bicyclic) bond motifs is 1. The highest BCUT2D eigenvalue weighted by Crippen LogP contribution is 2.43. The number of hydrogen-bond donors (Lipinski definition) is 1. The predicted molar refractivity (Wildman–Crippen MR) is 109 cm³/mol. The number of aromatic carboxylic acids is 1. The number of benzene rings is 1. The average Bonchev–Trinajstić information content (AvgIpc) is 3.12. The molecule has 2 aromatic heterocycles. The minimum absolute atomic E-state index is 0.0304. The number of carbonyl (C=O) groups is 1. The minimum atomic E-state index is -1.03. The summed E-state index contributed by atoms with van der Waals surface area (Å²) in [6.07, 6.45) is 1.57. The molecule has 0 spiro atoms.